The minimum Gasteiger partial charge on any atom is -0.341 e. The van der Waals surface area contributed by atoms with Crippen molar-refractivity contribution >= 4 is 17.8 Å². The van der Waals surface area contributed by atoms with Gasteiger partial charge >= 0.3 is 6.03 Å². The molecule has 0 unspecified atom stereocenters. The molecule has 0 atom stereocenters. The van der Waals surface area contributed by atoms with Crippen LogP contribution in [0.1, 0.15) is 33.1 Å². The second kappa shape index (κ2) is 6.08. The topological polar surface area (TPSA) is 32.3 Å². The van der Waals surface area contributed by atoms with Gasteiger partial charge in [-0.1, -0.05) is 25.2 Å². The Morgan fingerprint density at radius 3 is 2.65 bits per heavy atom. The van der Waals surface area contributed by atoms with E-state index in [0.29, 0.717) is 5.41 Å². The Labute approximate surface area is 126 Å². The second-order valence-corrected chi connectivity index (χ2v) is 6.79. The van der Waals surface area contributed by atoms with E-state index in [4.69, 9.17) is 0 Å². The zero-order valence-electron chi connectivity index (χ0n) is 12.7. The third-order valence-electron chi connectivity index (χ3n) is 4.13. The van der Waals surface area contributed by atoms with Gasteiger partial charge in [-0.25, -0.2) is 4.79 Å². The fraction of sp³-hybridized carbons (Fsp3) is 0.562. The van der Waals surface area contributed by atoms with Gasteiger partial charge in [-0.2, -0.15) is 0 Å². The smallest absolute Gasteiger partial charge is 0.321 e. The second-order valence-electron chi connectivity index (χ2n) is 5.78. The first-order valence-electron chi connectivity index (χ1n) is 7.18. The van der Waals surface area contributed by atoms with Crippen molar-refractivity contribution in [1.29, 1.82) is 0 Å². The summed E-state index contributed by atoms with van der Waals surface area (Å²) in [4.78, 5) is 15.4. The molecule has 1 aliphatic heterocycles. The molecule has 110 valence electrons. The Bertz CT molecular complexity index is 475. The van der Waals surface area contributed by atoms with E-state index in [-0.39, 0.29) is 6.03 Å². The van der Waals surface area contributed by atoms with E-state index < -0.39 is 0 Å². The van der Waals surface area contributed by atoms with E-state index in [9.17, 15) is 4.79 Å². The van der Waals surface area contributed by atoms with E-state index in [1.54, 1.807) is 7.05 Å². The number of amides is 2. The average Bonchev–Trinajstić information content (AvgIpc) is 2.55. The van der Waals surface area contributed by atoms with Crippen molar-refractivity contribution in [3.63, 3.8) is 0 Å². The van der Waals surface area contributed by atoms with Crippen LogP contribution in [0.2, 0.25) is 0 Å². The van der Waals surface area contributed by atoms with Gasteiger partial charge in [-0.05, 0) is 37.7 Å². The number of nitrogens with zero attached hydrogens (tertiary/aromatic N) is 1. The predicted octanol–water partition coefficient (Wildman–Crippen LogP) is 3.91. The summed E-state index contributed by atoms with van der Waals surface area (Å²) < 4.78 is 0. The van der Waals surface area contributed by atoms with Crippen molar-refractivity contribution in [1.82, 2.24) is 10.2 Å². The Kier molecular flexibility index (Phi) is 4.63. The number of carbonyl (C=O) groups is 1. The number of allylic oxidation sites excluding steroid dienone is 3. The van der Waals surface area contributed by atoms with Crippen LogP contribution in [0, 0.1) is 5.41 Å². The summed E-state index contributed by atoms with van der Waals surface area (Å²) >= 11 is 1.87. The van der Waals surface area contributed by atoms with E-state index >= 15 is 0 Å². The highest BCUT2D eigenvalue weighted by Gasteiger charge is 2.42. The summed E-state index contributed by atoms with van der Waals surface area (Å²) in [5, 5.41) is 2.77. The monoisotopic (exact) mass is 292 g/mol. The summed E-state index contributed by atoms with van der Waals surface area (Å²) in [6.07, 6.45) is 7.86. The summed E-state index contributed by atoms with van der Waals surface area (Å²) in [7, 11) is 1.69. The van der Waals surface area contributed by atoms with Crippen LogP contribution in [0.15, 0.2) is 34.9 Å². The van der Waals surface area contributed by atoms with Crippen molar-refractivity contribution < 1.29 is 4.79 Å². The van der Waals surface area contributed by atoms with E-state index in [2.05, 4.69) is 18.0 Å². The number of thioether (sulfide) groups is 1. The van der Waals surface area contributed by atoms with Crippen LogP contribution >= 0.6 is 11.8 Å². The molecular formula is C16H24N2OS. The molecule has 1 aliphatic carbocycles. The Balaban J connectivity index is 2.43. The van der Waals surface area contributed by atoms with Gasteiger partial charge in [0.2, 0.25) is 0 Å². The maximum Gasteiger partial charge on any atom is 0.321 e. The number of hydrogen-bond acceptors (Lipinski definition) is 2. The molecule has 3 nitrogen and oxygen atoms in total. The van der Waals surface area contributed by atoms with Crippen LogP contribution in [0.25, 0.3) is 0 Å². The van der Waals surface area contributed by atoms with Crippen LogP contribution in [-0.2, 0) is 0 Å². The third kappa shape index (κ3) is 2.80. The van der Waals surface area contributed by atoms with Crippen LogP contribution in [0.4, 0.5) is 4.79 Å². The highest BCUT2D eigenvalue weighted by atomic mass is 32.2. The van der Waals surface area contributed by atoms with Crippen molar-refractivity contribution in [2.75, 3.05) is 19.3 Å². The maximum absolute atomic E-state index is 12.3. The lowest BCUT2D eigenvalue weighted by Crippen LogP contribution is -2.47. The summed E-state index contributed by atoms with van der Waals surface area (Å²) in [5.74, 6) is 1.09. The number of nitrogens with one attached hydrogen (secondary N) is 1. The van der Waals surface area contributed by atoms with Gasteiger partial charge in [0.15, 0.2) is 0 Å². The van der Waals surface area contributed by atoms with Gasteiger partial charge in [-0.15, -0.1) is 11.8 Å². The molecule has 4 heteroatoms. The Hall–Kier alpha value is -1.16. The van der Waals surface area contributed by atoms with Gasteiger partial charge in [-0.3, -0.25) is 4.90 Å². The number of rotatable bonds is 2. The Morgan fingerprint density at radius 1 is 1.50 bits per heavy atom. The van der Waals surface area contributed by atoms with E-state index in [1.807, 2.05) is 36.6 Å². The summed E-state index contributed by atoms with van der Waals surface area (Å²) in [5.41, 5.74) is 2.23. The molecule has 1 fully saturated rings. The fourth-order valence-electron chi connectivity index (χ4n) is 2.90. The number of urea groups is 1. The zero-order valence-corrected chi connectivity index (χ0v) is 13.5. The normalized spacial score (nSPS) is 21.9. The first kappa shape index (κ1) is 15.2. The number of hydrogen-bond donors (Lipinski definition) is 1. The van der Waals surface area contributed by atoms with Gasteiger partial charge < -0.3 is 5.32 Å². The van der Waals surface area contributed by atoms with Crippen LogP contribution in [-0.4, -0.2) is 30.3 Å². The summed E-state index contributed by atoms with van der Waals surface area (Å²) in [6.45, 7) is 8.89. The van der Waals surface area contributed by atoms with Crippen LogP contribution in [0.3, 0.4) is 0 Å². The predicted molar refractivity (Wildman–Crippen MR) is 86.6 cm³/mol. The van der Waals surface area contributed by atoms with Gasteiger partial charge in [0.25, 0.3) is 0 Å². The molecule has 20 heavy (non-hydrogen) atoms. The largest absolute Gasteiger partial charge is 0.341 e. The van der Waals surface area contributed by atoms with Crippen molar-refractivity contribution in [2.45, 2.75) is 33.1 Å². The molecule has 0 aromatic heterocycles. The molecule has 1 saturated carbocycles. The maximum atomic E-state index is 12.3. The molecule has 0 bridgehead atoms. The van der Waals surface area contributed by atoms with E-state index in [1.165, 1.54) is 19.3 Å². The third-order valence-corrected chi connectivity index (χ3v) is 5.52. The standard InChI is InChI=1S/C16H24N2OS/c1-5-7-13-14(12(2)3)18(15(19)17-4)10-16(11-20-13)8-6-9-16/h5,7H,2,6,8-11H2,1,3-4H3,(H,17,19)/b7-5-. The van der Waals surface area contributed by atoms with Crippen LogP contribution < -0.4 is 5.32 Å². The number of carbonyl (C=O) groups excluding carboxylic acids is 1. The van der Waals surface area contributed by atoms with Crippen molar-refractivity contribution in [2.24, 2.45) is 5.41 Å². The quantitative estimate of drug-likeness (QED) is 0.837. The SMILES string of the molecule is C=C(C)C1=C(/C=C\C)SCC2(CCC2)CN1C(=O)NC. The first-order valence-corrected chi connectivity index (χ1v) is 8.16. The van der Waals surface area contributed by atoms with Gasteiger partial charge in [0.05, 0.1) is 5.70 Å². The van der Waals surface area contributed by atoms with E-state index in [0.717, 1.165) is 28.5 Å². The molecule has 0 aromatic carbocycles. The summed E-state index contributed by atoms with van der Waals surface area (Å²) in [6, 6.07) is -0.0289. The highest BCUT2D eigenvalue weighted by molar-refractivity contribution is 8.03. The minimum absolute atomic E-state index is 0.0289. The fourth-order valence-corrected chi connectivity index (χ4v) is 4.39. The molecule has 1 spiro atoms. The molecule has 0 saturated heterocycles. The lowest BCUT2D eigenvalue weighted by atomic mass is 9.70. The lowest BCUT2D eigenvalue weighted by Gasteiger charge is -2.43. The van der Waals surface area contributed by atoms with Gasteiger partial charge in [0.1, 0.15) is 0 Å². The molecule has 0 aromatic rings. The lowest BCUT2D eigenvalue weighted by molar-refractivity contribution is 0.119. The molecule has 2 rings (SSSR count). The average molecular weight is 292 g/mol. The van der Waals surface area contributed by atoms with Crippen molar-refractivity contribution in [3.8, 4) is 0 Å². The molecule has 0 radical (unpaired) electrons. The van der Waals surface area contributed by atoms with Crippen LogP contribution in [0.5, 0.6) is 0 Å². The molecule has 1 N–H and O–H groups in total. The molecule has 1 heterocycles. The Morgan fingerprint density at radius 2 is 2.20 bits per heavy atom. The minimum atomic E-state index is -0.0289. The molecular weight excluding hydrogens is 268 g/mol. The molecule has 2 amide bonds. The first-order chi connectivity index (χ1) is 9.53. The van der Waals surface area contributed by atoms with Crippen molar-refractivity contribution in [3.05, 3.63) is 34.9 Å². The van der Waals surface area contributed by atoms with Gasteiger partial charge in [0, 0.05) is 24.3 Å². The zero-order chi connectivity index (χ0) is 14.8. The molecule has 2 aliphatic rings. The highest BCUT2D eigenvalue weighted by Crippen LogP contribution is 2.49.